The lowest BCUT2D eigenvalue weighted by atomic mass is 10.0. The zero-order chi connectivity index (χ0) is 35.0. The standard InChI is InChI=1S/C33H39F4N7O4/c1-4-29(45)39-27(32(48)43-16-14-42(3)15-17-43)20-22-8-11-25(24(34)18-22)40-30(46)26(41-31(47)28-12-13-38-44(28)5-2)19-21-6-9-23(10-7-21)33(35,36)37/h6-13,18,26-27H,4-5,14-17,19-20H2,1-3H3,(H,39,45)(H,40,46)(H,41,47)/t26-,27+/m0/s1. The molecule has 0 bridgehead atoms. The molecule has 0 saturated carbocycles. The Morgan fingerprint density at radius 3 is 2.12 bits per heavy atom. The second kappa shape index (κ2) is 15.9. The van der Waals surface area contributed by atoms with Crippen molar-refractivity contribution < 1.29 is 36.7 Å². The first-order valence-corrected chi connectivity index (χ1v) is 15.6. The van der Waals surface area contributed by atoms with Gasteiger partial charge in [0.05, 0.1) is 11.3 Å². The fourth-order valence-electron chi connectivity index (χ4n) is 5.27. The summed E-state index contributed by atoms with van der Waals surface area (Å²) in [7, 11) is 1.95. The third kappa shape index (κ3) is 9.40. The molecule has 48 heavy (non-hydrogen) atoms. The molecule has 0 radical (unpaired) electrons. The monoisotopic (exact) mass is 673 g/mol. The molecule has 4 amide bonds. The van der Waals surface area contributed by atoms with Gasteiger partial charge in [-0.05, 0) is 55.4 Å². The number of aryl methyl sites for hydroxylation is 1. The molecule has 0 unspecified atom stereocenters. The van der Waals surface area contributed by atoms with Crippen LogP contribution in [0.15, 0.2) is 54.7 Å². The summed E-state index contributed by atoms with van der Waals surface area (Å²) in [5.74, 6) is -2.88. The minimum Gasteiger partial charge on any atom is -0.344 e. The normalized spacial score (nSPS) is 15.0. The number of piperazine rings is 1. The van der Waals surface area contributed by atoms with Gasteiger partial charge in [-0.25, -0.2) is 4.39 Å². The van der Waals surface area contributed by atoms with Crippen LogP contribution in [0.25, 0.3) is 0 Å². The maximum absolute atomic E-state index is 15.4. The molecule has 2 aromatic carbocycles. The molecule has 1 fully saturated rings. The second-order valence-corrected chi connectivity index (χ2v) is 11.6. The van der Waals surface area contributed by atoms with Crippen LogP contribution in [0.5, 0.6) is 0 Å². The lowest BCUT2D eigenvalue weighted by Crippen LogP contribution is -2.54. The highest BCUT2D eigenvalue weighted by molar-refractivity contribution is 6.00. The largest absolute Gasteiger partial charge is 0.416 e. The molecule has 1 aromatic heterocycles. The van der Waals surface area contributed by atoms with Crippen LogP contribution in [0, 0.1) is 5.82 Å². The number of rotatable bonds is 12. The van der Waals surface area contributed by atoms with Crippen molar-refractivity contribution in [1.82, 2.24) is 30.2 Å². The Kier molecular flexibility index (Phi) is 11.9. The van der Waals surface area contributed by atoms with Gasteiger partial charge in [0.15, 0.2) is 0 Å². The second-order valence-electron chi connectivity index (χ2n) is 11.6. The number of carbonyl (C=O) groups excluding carboxylic acids is 4. The van der Waals surface area contributed by atoms with E-state index in [4.69, 9.17) is 0 Å². The minimum absolute atomic E-state index is 0.0137. The van der Waals surface area contributed by atoms with E-state index in [0.29, 0.717) is 43.9 Å². The summed E-state index contributed by atoms with van der Waals surface area (Å²) in [5.41, 5.74) is -0.194. The van der Waals surface area contributed by atoms with E-state index in [1.807, 2.05) is 7.05 Å². The van der Waals surface area contributed by atoms with Crippen molar-refractivity contribution in [3.63, 3.8) is 0 Å². The molecule has 0 aliphatic carbocycles. The van der Waals surface area contributed by atoms with Gasteiger partial charge in [-0.2, -0.15) is 18.3 Å². The van der Waals surface area contributed by atoms with Gasteiger partial charge in [0.2, 0.25) is 17.7 Å². The van der Waals surface area contributed by atoms with Crippen molar-refractivity contribution in [2.24, 2.45) is 0 Å². The van der Waals surface area contributed by atoms with Crippen LogP contribution in [-0.4, -0.2) is 88.5 Å². The van der Waals surface area contributed by atoms with Gasteiger partial charge in [-0.3, -0.25) is 23.9 Å². The minimum atomic E-state index is -4.55. The Bertz CT molecular complexity index is 1600. The molecule has 1 saturated heterocycles. The maximum atomic E-state index is 15.4. The molecule has 3 aromatic rings. The van der Waals surface area contributed by atoms with Gasteiger partial charge in [0.1, 0.15) is 23.6 Å². The fraction of sp³-hybridized carbons (Fsp3) is 0.424. The van der Waals surface area contributed by atoms with E-state index in [2.05, 4.69) is 25.9 Å². The number of anilines is 1. The van der Waals surface area contributed by atoms with Crippen LogP contribution in [0.2, 0.25) is 0 Å². The van der Waals surface area contributed by atoms with Gasteiger partial charge in [0, 0.05) is 58.2 Å². The molecule has 3 N–H and O–H groups in total. The Morgan fingerprint density at radius 1 is 0.875 bits per heavy atom. The number of benzene rings is 2. The quantitative estimate of drug-likeness (QED) is 0.254. The van der Waals surface area contributed by atoms with Crippen LogP contribution >= 0.6 is 0 Å². The number of nitrogens with zero attached hydrogens (tertiary/aromatic N) is 4. The van der Waals surface area contributed by atoms with Crippen LogP contribution in [-0.2, 0) is 39.9 Å². The predicted molar refractivity (Wildman–Crippen MR) is 169 cm³/mol. The smallest absolute Gasteiger partial charge is 0.344 e. The predicted octanol–water partition coefficient (Wildman–Crippen LogP) is 3.25. The van der Waals surface area contributed by atoms with E-state index < -0.39 is 41.5 Å². The summed E-state index contributed by atoms with van der Waals surface area (Å²) >= 11 is 0. The molecular formula is C33H39F4N7O4. The van der Waals surface area contributed by atoms with Crippen molar-refractivity contribution in [2.45, 2.75) is 57.9 Å². The van der Waals surface area contributed by atoms with E-state index in [1.165, 1.54) is 41.2 Å². The summed E-state index contributed by atoms with van der Waals surface area (Å²) in [6.45, 7) is 6.17. The highest BCUT2D eigenvalue weighted by atomic mass is 19.4. The van der Waals surface area contributed by atoms with E-state index in [1.54, 1.807) is 18.7 Å². The maximum Gasteiger partial charge on any atom is 0.416 e. The van der Waals surface area contributed by atoms with E-state index in [9.17, 15) is 32.3 Å². The highest BCUT2D eigenvalue weighted by Gasteiger charge is 2.31. The summed E-state index contributed by atoms with van der Waals surface area (Å²) in [6.07, 6.45) is -3.15. The Labute approximate surface area is 275 Å². The van der Waals surface area contributed by atoms with E-state index >= 15 is 4.39 Å². The van der Waals surface area contributed by atoms with Crippen LogP contribution in [0.4, 0.5) is 23.2 Å². The zero-order valence-corrected chi connectivity index (χ0v) is 26.9. The number of hydrogen-bond acceptors (Lipinski definition) is 6. The molecule has 258 valence electrons. The number of amides is 4. The third-order valence-corrected chi connectivity index (χ3v) is 8.09. The van der Waals surface area contributed by atoms with Gasteiger partial charge in [-0.1, -0.05) is 25.1 Å². The van der Waals surface area contributed by atoms with Crippen molar-refractivity contribution in [1.29, 1.82) is 0 Å². The van der Waals surface area contributed by atoms with E-state index in [0.717, 1.165) is 18.2 Å². The van der Waals surface area contributed by atoms with Crippen molar-refractivity contribution in [2.75, 3.05) is 38.5 Å². The van der Waals surface area contributed by atoms with Crippen molar-refractivity contribution in [3.8, 4) is 0 Å². The first-order chi connectivity index (χ1) is 22.8. The Morgan fingerprint density at radius 2 is 1.52 bits per heavy atom. The van der Waals surface area contributed by atoms with Gasteiger partial charge in [0.25, 0.3) is 5.91 Å². The number of halogens is 4. The first kappa shape index (κ1) is 36.1. The first-order valence-electron chi connectivity index (χ1n) is 15.6. The number of alkyl halides is 3. The number of hydrogen-bond donors (Lipinski definition) is 3. The summed E-state index contributed by atoms with van der Waals surface area (Å²) in [6, 6.07) is 7.38. The summed E-state index contributed by atoms with van der Waals surface area (Å²) in [4.78, 5) is 55.9. The number of carbonyl (C=O) groups is 4. The lowest BCUT2D eigenvalue weighted by molar-refractivity contribution is -0.138. The molecule has 4 rings (SSSR count). The average molecular weight is 674 g/mol. The molecule has 1 aliphatic rings. The molecule has 0 spiro atoms. The third-order valence-electron chi connectivity index (χ3n) is 8.09. The molecule has 2 atom stereocenters. The summed E-state index contributed by atoms with van der Waals surface area (Å²) < 4.78 is 56.1. The molecule has 11 nitrogen and oxygen atoms in total. The average Bonchev–Trinajstić information content (AvgIpc) is 3.54. The number of aromatic nitrogens is 2. The van der Waals surface area contributed by atoms with E-state index in [-0.39, 0.29) is 42.5 Å². The van der Waals surface area contributed by atoms with Crippen LogP contribution in [0.3, 0.4) is 0 Å². The topological polar surface area (TPSA) is 129 Å². The van der Waals surface area contributed by atoms with Gasteiger partial charge < -0.3 is 25.8 Å². The highest BCUT2D eigenvalue weighted by Crippen LogP contribution is 2.29. The zero-order valence-electron chi connectivity index (χ0n) is 26.9. The van der Waals surface area contributed by atoms with Crippen LogP contribution in [0.1, 0.15) is 47.4 Å². The Balaban J connectivity index is 1.52. The lowest BCUT2D eigenvalue weighted by Gasteiger charge is -2.34. The fourth-order valence-corrected chi connectivity index (χ4v) is 5.27. The molecule has 1 aliphatic heterocycles. The molecule has 15 heteroatoms. The SMILES string of the molecule is CCC(=O)N[C@H](Cc1ccc(NC(=O)[C@H](Cc2ccc(C(F)(F)F)cc2)NC(=O)c2ccnn2CC)c(F)c1)C(=O)N1CCN(C)CC1. The van der Waals surface area contributed by atoms with Crippen molar-refractivity contribution >= 4 is 29.3 Å². The Hall–Kier alpha value is -4.79. The number of likely N-dealkylation sites (N-methyl/N-ethyl adjacent to an activating group) is 1. The van der Waals surface area contributed by atoms with Crippen LogP contribution < -0.4 is 16.0 Å². The molecule has 2 heterocycles. The van der Waals surface area contributed by atoms with Crippen molar-refractivity contribution in [3.05, 3.63) is 82.9 Å². The van der Waals surface area contributed by atoms with Gasteiger partial charge >= 0.3 is 6.18 Å². The summed E-state index contributed by atoms with van der Waals surface area (Å²) in [5, 5.41) is 11.8. The number of nitrogens with one attached hydrogen (secondary N) is 3. The van der Waals surface area contributed by atoms with Gasteiger partial charge in [-0.15, -0.1) is 0 Å². The molecular weight excluding hydrogens is 634 g/mol.